The third-order valence-electron chi connectivity index (χ3n) is 5.75. The van der Waals surface area contributed by atoms with E-state index in [9.17, 15) is 20.1 Å². The van der Waals surface area contributed by atoms with E-state index in [0.717, 1.165) is 5.56 Å². The van der Waals surface area contributed by atoms with Gasteiger partial charge < -0.3 is 9.32 Å². The Kier molecular flexibility index (Phi) is 4.93. The molecule has 1 aliphatic rings. The van der Waals surface area contributed by atoms with Gasteiger partial charge in [-0.25, -0.2) is 9.78 Å². The summed E-state index contributed by atoms with van der Waals surface area (Å²) in [5, 5.41) is 19.3. The summed E-state index contributed by atoms with van der Waals surface area (Å²) in [7, 11) is 0. The van der Waals surface area contributed by atoms with E-state index in [1.807, 2.05) is 0 Å². The van der Waals surface area contributed by atoms with Crippen LogP contribution in [0, 0.1) is 22.7 Å². The van der Waals surface area contributed by atoms with Crippen LogP contribution in [0.3, 0.4) is 0 Å². The van der Waals surface area contributed by atoms with Gasteiger partial charge in [-0.05, 0) is 47.5 Å². The number of aromatic nitrogens is 2. The summed E-state index contributed by atoms with van der Waals surface area (Å²) < 4.78 is 5.15. The average molecular weight is 456 g/mol. The second kappa shape index (κ2) is 7.94. The maximum Gasteiger partial charge on any atom is 0.417 e. The molecule has 1 amide bonds. The van der Waals surface area contributed by atoms with Gasteiger partial charge in [-0.2, -0.15) is 10.5 Å². The number of rotatable bonds is 4. The Bertz CT molecular complexity index is 1570. The number of carbonyl (C=O) groups excluding carboxylic acids is 1. The third-order valence-corrected chi connectivity index (χ3v) is 6.10. The summed E-state index contributed by atoms with van der Waals surface area (Å²) in [6.45, 7) is 0.227. The molecule has 5 rings (SSSR count). The van der Waals surface area contributed by atoms with Crippen molar-refractivity contribution in [3.05, 3.63) is 97.7 Å². The monoisotopic (exact) mass is 455 g/mol. The molecule has 3 heterocycles. The smallest absolute Gasteiger partial charge is 0.408 e. The van der Waals surface area contributed by atoms with Crippen LogP contribution in [-0.2, 0) is 13.0 Å². The van der Waals surface area contributed by atoms with E-state index in [2.05, 4.69) is 22.1 Å². The zero-order chi connectivity index (χ0) is 23.1. The molecule has 1 aliphatic heterocycles. The van der Waals surface area contributed by atoms with Gasteiger partial charge in [0, 0.05) is 35.3 Å². The Morgan fingerprint density at radius 1 is 1.12 bits per heavy atom. The highest BCUT2D eigenvalue weighted by molar-refractivity contribution is 6.31. The predicted molar refractivity (Wildman–Crippen MR) is 118 cm³/mol. The van der Waals surface area contributed by atoms with Crippen LogP contribution in [-0.4, -0.2) is 20.8 Å². The fraction of sp³-hybridized carbons (Fsp3) is 0.125. The first-order valence-corrected chi connectivity index (χ1v) is 10.4. The van der Waals surface area contributed by atoms with Crippen molar-refractivity contribution < 1.29 is 9.21 Å². The highest BCUT2D eigenvalue weighted by atomic mass is 35.5. The van der Waals surface area contributed by atoms with Crippen molar-refractivity contribution in [2.75, 3.05) is 0 Å². The van der Waals surface area contributed by atoms with E-state index in [1.54, 1.807) is 47.4 Å². The topological polar surface area (TPSA) is 127 Å². The predicted octanol–water partition coefficient (Wildman–Crippen LogP) is 3.85. The minimum Gasteiger partial charge on any atom is -0.408 e. The van der Waals surface area contributed by atoms with Gasteiger partial charge >= 0.3 is 5.76 Å². The molecule has 9 heteroatoms. The lowest BCUT2D eigenvalue weighted by atomic mass is 9.95. The lowest BCUT2D eigenvalue weighted by molar-refractivity contribution is 0.0709. The highest BCUT2D eigenvalue weighted by Gasteiger charge is 2.37. The Labute approximate surface area is 192 Å². The lowest BCUT2D eigenvalue weighted by Crippen LogP contribution is -2.29. The van der Waals surface area contributed by atoms with Crippen molar-refractivity contribution >= 4 is 28.6 Å². The number of nitrogens with one attached hydrogen (secondary N) is 1. The number of nitrogens with zero attached hydrogens (tertiary/aromatic N) is 4. The van der Waals surface area contributed by atoms with Gasteiger partial charge in [0.15, 0.2) is 5.58 Å². The molecule has 160 valence electrons. The van der Waals surface area contributed by atoms with Gasteiger partial charge in [-0.1, -0.05) is 17.7 Å². The summed E-state index contributed by atoms with van der Waals surface area (Å²) in [6, 6.07) is 15.5. The molecule has 0 radical (unpaired) electrons. The normalized spacial score (nSPS) is 14.8. The van der Waals surface area contributed by atoms with Crippen LogP contribution in [0.1, 0.15) is 44.3 Å². The number of H-pyrrole nitrogens is 1. The molecule has 4 aromatic rings. The summed E-state index contributed by atoms with van der Waals surface area (Å²) in [4.78, 5) is 33.2. The molecule has 0 aliphatic carbocycles. The first kappa shape index (κ1) is 20.5. The maximum atomic E-state index is 13.4. The molecule has 33 heavy (non-hydrogen) atoms. The Hall–Kier alpha value is -4.40. The molecule has 2 aromatic carbocycles. The zero-order valence-electron chi connectivity index (χ0n) is 17.0. The molecular weight excluding hydrogens is 442 g/mol. The minimum atomic E-state index is -0.552. The first-order valence-electron chi connectivity index (χ1n) is 9.98. The number of aromatic amines is 1. The number of oxazole rings is 1. The van der Waals surface area contributed by atoms with Crippen LogP contribution in [0.4, 0.5) is 0 Å². The second-order valence-electron chi connectivity index (χ2n) is 7.64. The largest absolute Gasteiger partial charge is 0.417 e. The number of benzene rings is 2. The summed E-state index contributed by atoms with van der Waals surface area (Å²) in [6.07, 6.45) is 1.72. The van der Waals surface area contributed by atoms with Gasteiger partial charge in [-0.15, -0.1) is 0 Å². The van der Waals surface area contributed by atoms with Crippen LogP contribution in [0.5, 0.6) is 0 Å². The van der Waals surface area contributed by atoms with Crippen molar-refractivity contribution in [1.29, 1.82) is 10.5 Å². The average Bonchev–Trinajstić information content (AvgIpc) is 3.31. The molecule has 0 spiro atoms. The van der Waals surface area contributed by atoms with Gasteiger partial charge in [0.05, 0.1) is 23.2 Å². The van der Waals surface area contributed by atoms with Crippen molar-refractivity contribution in [2.24, 2.45) is 0 Å². The van der Waals surface area contributed by atoms with E-state index >= 15 is 0 Å². The number of hydrogen-bond donors (Lipinski definition) is 1. The standard InChI is InChI=1S/C24H14ClN5O3/c25-18-5-6-28-20(11-27)17(18)9-21-16-7-13(10-26)1-3-15(16)23(31)30(21)12-14-2-4-19-22(8-14)33-24(32)29-19/h1-8,21H,9,12H2,(H,29,32). The molecule has 1 unspecified atom stereocenters. The van der Waals surface area contributed by atoms with Crippen LogP contribution < -0.4 is 5.76 Å². The number of halogens is 1. The molecule has 1 atom stereocenters. The van der Waals surface area contributed by atoms with Gasteiger partial charge in [0.1, 0.15) is 11.8 Å². The fourth-order valence-electron chi connectivity index (χ4n) is 4.21. The number of hydrogen-bond acceptors (Lipinski definition) is 6. The molecule has 2 aromatic heterocycles. The Morgan fingerprint density at radius 2 is 1.97 bits per heavy atom. The Balaban J connectivity index is 1.59. The molecular formula is C24H14ClN5O3. The van der Waals surface area contributed by atoms with E-state index in [0.29, 0.717) is 38.4 Å². The number of amides is 1. The quantitative estimate of drug-likeness (QED) is 0.498. The second-order valence-corrected chi connectivity index (χ2v) is 8.05. The molecule has 0 fully saturated rings. The van der Waals surface area contributed by atoms with Crippen molar-refractivity contribution in [3.8, 4) is 12.1 Å². The van der Waals surface area contributed by atoms with Gasteiger partial charge in [0.2, 0.25) is 0 Å². The van der Waals surface area contributed by atoms with E-state index in [-0.39, 0.29) is 24.6 Å². The van der Waals surface area contributed by atoms with Crippen LogP contribution in [0.2, 0.25) is 5.02 Å². The van der Waals surface area contributed by atoms with Crippen molar-refractivity contribution in [3.63, 3.8) is 0 Å². The number of fused-ring (bicyclic) bond motifs is 2. The van der Waals surface area contributed by atoms with Crippen LogP contribution >= 0.6 is 11.6 Å². The molecule has 8 nitrogen and oxygen atoms in total. The number of pyridine rings is 1. The van der Waals surface area contributed by atoms with E-state index in [1.165, 1.54) is 6.20 Å². The lowest BCUT2D eigenvalue weighted by Gasteiger charge is -2.26. The Morgan fingerprint density at radius 3 is 2.76 bits per heavy atom. The third kappa shape index (κ3) is 3.53. The summed E-state index contributed by atoms with van der Waals surface area (Å²) >= 11 is 6.39. The minimum absolute atomic E-state index is 0.190. The molecule has 0 saturated carbocycles. The van der Waals surface area contributed by atoms with Crippen LogP contribution in [0.25, 0.3) is 11.1 Å². The zero-order valence-corrected chi connectivity index (χ0v) is 17.8. The molecule has 1 N–H and O–H groups in total. The molecule has 0 bridgehead atoms. The number of carbonyl (C=O) groups is 1. The highest BCUT2D eigenvalue weighted by Crippen LogP contribution is 2.39. The van der Waals surface area contributed by atoms with Crippen LogP contribution in [0.15, 0.2) is 57.9 Å². The molecule has 0 saturated heterocycles. The summed E-state index contributed by atoms with van der Waals surface area (Å²) in [5.41, 5.74) is 4.06. The maximum absolute atomic E-state index is 13.4. The van der Waals surface area contributed by atoms with Crippen molar-refractivity contribution in [2.45, 2.75) is 19.0 Å². The fourth-order valence-corrected chi connectivity index (χ4v) is 4.43. The summed E-state index contributed by atoms with van der Waals surface area (Å²) in [5.74, 6) is -0.752. The van der Waals surface area contributed by atoms with Crippen molar-refractivity contribution in [1.82, 2.24) is 14.9 Å². The number of nitriles is 2. The van der Waals surface area contributed by atoms with Gasteiger partial charge in [-0.3, -0.25) is 9.78 Å². The SMILES string of the molecule is N#Cc1ccc2c(c1)C(Cc1c(Cl)ccnc1C#N)N(Cc1ccc3[nH]c(=O)oc3c1)C2=O. The first-order chi connectivity index (χ1) is 16.0. The van der Waals surface area contributed by atoms with E-state index < -0.39 is 11.8 Å². The van der Waals surface area contributed by atoms with Gasteiger partial charge in [0.25, 0.3) is 5.91 Å². The van der Waals surface area contributed by atoms with E-state index in [4.69, 9.17) is 16.0 Å².